The van der Waals surface area contributed by atoms with Crippen molar-refractivity contribution in [3.8, 4) is 0 Å². The third kappa shape index (κ3) is 62.7. The van der Waals surface area contributed by atoms with Crippen molar-refractivity contribution in [3.63, 3.8) is 0 Å². The number of hydrogen-bond acceptors (Lipinski definition) is 6. The van der Waals surface area contributed by atoms with E-state index in [1.54, 1.807) is 0 Å². The van der Waals surface area contributed by atoms with E-state index < -0.39 is 6.10 Å². The monoisotopic (exact) mass is 1080 g/mol. The summed E-state index contributed by atoms with van der Waals surface area (Å²) in [6.45, 7) is 6.40. The first-order chi connectivity index (χ1) is 38.5. The molecule has 0 fully saturated rings. The zero-order valence-electron chi connectivity index (χ0n) is 50.9. The van der Waals surface area contributed by atoms with Crippen molar-refractivity contribution >= 4 is 17.9 Å². The number of unbranched alkanes of at least 4 members (excludes halogenated alkanes) is 27. The summed E-state index contributed by atoms with van der Waals surface area (Å²) in [5.74, 6) is -0.939. The lowest BCUT2D eigenvalue weighted by atomic mass is 10.0. The molecule has 0 aromatic carbocycles. The zero-order valence-corrected chi connectivity index (χ0v) is 50.9. The van der Waals surface area contributed by atoms with Gasteiger partial charge in [0.1, 0.15) is 13.2 Å². The molecule has 0 spiro atoms. The Kier molecular flexibility index (Phi) is 61.8. The van der Waals surface area contributed by atoms with Crippen molar-refractivity contribution < 1.29 is 28.6 Å². The molecule has 0 radical (unpaired) electrons. The Labute approximate surface area is 482 Å². The Hall–Kier alpha value is -4.19. The number of esters is 3. The lowest BCUT2D eigenvalue weighted by Gasteiger charge is -2.18. The Morgan fingerprint density at radius 3 is 0.795 bits per heavy atom. The molecular formula is C72H120O6. The Morgan fingerprint density at radius 2 is 0.500 bits per heavy atom. The first-order valence-electron chi connectivity index (χ1n) is 32.5. The predicted octanol–water partition coefficient (Wildman–Crippen LogP) is 22.4. The molecule has 0 aliphatic heterocycles. The van der Waals surface area contributed by atoms with Crippen molar-refractivity contribution in [2.75, 3.05) is 13.2 Å². The minimum atomic E-state index is -0.803. The van der Waals surface area contributed by atoms with Gasteiger partial charge in [-0.2, -0.15) is 0 Å². The molecule has 0 aromatic heterocycles. The van der Waals surface area contributed by atoms with Gasteiger partial charge in [0.25, 0.3) is 0 Å². The van der Waals surface area contributed by atoms with Gasteiger partial charge in [0.2, 0.25) is 0 Å². The van der Waals surface area contributed by atoms with Gasteiger partial charge >= 0.3 is 17.9 Å². The molecule has 0 aliphatic rings. The zero-order chi connectivity index (χ0) is 56.4. The molecule has 0 bridgehead atoms. The fourth-order valence-corrected chi connectivity index (χ4v) is 8.91. The number of ether oxygens (including phenoxy) is 3. The lowest BCUT2D eigenvalue weighted by Crippen LogP contribution is -2.30. The van der Waals surface area contributed by atoms with E-state index in [-0.39, 0.29) is 31.1 Å². The minimum absolute atomic E-state index is 0.0982. The summed E-state index contributed by atoms with van der Waals surface area (Å²) in [6.07, 6.45) is 90.6. The van der Waals surface area contributed by atoms with Crippen LogP contribution in [0.3, 0.4) is 0 Å². The highest BCUT2D eigenvalue weighted by molar-refractivity contribution is 5.71. The van der Waals surface area contributed by atoms with E-state index in [0.717, 1.165) is 148 Å². The van der Waals surface area contributed by atoms with Crippen molar-refractivity contribution in [3.05, 3.63) is 122 Å². The summed E-state index contributed by atoms with van der Waals surface area (Å²) in [7, 11) is 0. The second-order valence-electron chi connectivity index (χ2n) is 21.3. The van der Waals surface area contributed by atoms with Crippen LogP contribution in [0.4, 0.5) is 0 Å². The SMILES string of the molecule is CC/C=C\C/C=C\C/C=C\C/C=C\C/C=C\C/C=C\C/C=C\CCCCCC(=O)OCC(COC(=O)CCCCCCC/C=C\C/C=C\C/C=C\CC)OC(=O)CCCCCCCCCCCCCCCCCCCCCC. The first-order valence-corrected chi connectivity index (χ1v) is 32.5. The molecule has 0 rings (SSSR count). The second-order valence-corrected chi connectivity index (χ2v) is 21.3. The normalized spacial score (nSPS) is 12.9. The van der Waals surface area contributed by atoms with Crippen LogP contribution in [-0.4, -0.2) is 37.2 Å². The van der Waals surface area contributed by atoms with Crippen LogP contribution in [0.5, 0.6) is 0 Å². The molecule has 0 heterocycles. The van der Waals surface area contributed by atoms with E-state index >= 15 is 0 Å². The van der Waals surface area contributed by atoms with Gasteiger partial charge in [-0.15, -0.1) is 0 Å². The third-order valence-corrected chi connectivity index (χ3v) is 13.7. The molecule has 0 aromatic rings. The van der Waals surface area contributed by atoms with Gasteiger partial charge in [0.05, 0.1) is 0 Å². The van der Waals surface area contributed by atoms with Gasteiger partial charge in [-0.25, -0.2) is 0 Å². The Balaban J connectivity index is 4.44. The van der Waals surface area contributed by atoms with Crippen molar-refractivity contribution in [1.82, 2.24) is 0 Å². The highest BCUT2D eigenvalue weighted by Crippen LogP contribution is 2.16. The van der Waals surface area contributed by atoms with Crippen LogP contribution in [-0.2, 0) is 28.6 Å². The molecule has 0 saturated heterocycles. The molecule has 0 saturated carbocycles. The van der Waals surface area contributed by atoms with Gasteiger partial charge in [-0.1, -0.05) is 290 Å². The van der Waals surface area contributed by atoms with E-state index in [1.807, 2.05) is 0 Å². The smallest absolute Gasteiger partial charge is 0.306 e. The molecule has 0 N–H and O–H groups in total. The van der Waals surface area contributed by atoms with Crippen molar-refractivity contribution in [2.45, 2.75) is 303 Å². The predicted molar refractivity (Wildman–Crippen MR) is 339 cm³/mol. The molecule has 6 heteroatoms. The maximum Gasteiger partial charge on any atom is 0.306 e. The summed E-state index contributed by atoms with van der Waals surface area (Å²) in [5, 5.41) is 0. The van der Waals surface area contributed by atoms with Crippen LogP contribution in [0.15, 0.2) is 122 Å². The molecule has 78 heavy (non-hydrogen) atoms. The van der Waals surface area contributed by atoms with Crippen LogP contribution in [0, 0.1) is 0 Å². The highest BCUT2D eigenvalue weighted by Gasteiger charge is 2.19. The average Bonchev–Trinajstić information content (AvgIpc) is 3.44. The molecule has 0 aliphatic carbocycles. The van der Waals surface area contributed by atoms with Crippen LogP contribution in [0.25, 0.3) is 0 Å². The summed E-state index contributed by atoms with van der Waals surface area (Å²) in [5.41, 5.74) is 0. The van der Waals surface area contributed by atoms with Gasteiger partial charge < -0.3 is 14.2 Å². The molecule has 1 atom stereocenters. The van der Waals surface area contributed by atoms with Gasteiger partial charge in [0.15, 0.2) is 6.10 Å². The van der Waals surface area contributed by atoms with Crippen molar-refractivity contribution in [2.24, 2.45) is 0 Å². The quantitative estimate of drug-likeness (QED) is 0.0261. The molecular weight excluding hydrogens is 961 g/mol. The summed E-state index contributed by atoms with van der Waals surface area (Å²) < 4.78 is 16.9. The molecule has 1 unspecified atom stereocenters. The van der Waals surface area contributed by atoms with Crippen molar-refractivity contribution in [1.29, 1.82) is 0 Å². The van der Waals surface area contributed by atoms with Gasteiger partial charge in [-0.3, -0.25) is 14.4 Å². The number of allylic oxidation sites excluding steroid dienone is 20. The van der Waals surface area contributed by atoms with Gasteiger partial charge in [-0.05, 0) is 109 Å². The Morgan fingerprint density at radius 1 is 0.269 bits per heavy atom. The maximum atomic E-state index is 12.9. The third-order valence-electron chi connectivity index (χ3n) is 13.7. The molecule has 6 nitrogen and oxygen atoms in total. The van der Waals surface area contributed by atoms with Crippen LogP contribution >= 0.6 is 0 Å². The van der Waals surface area contributed by atoms with E-state index in [0.29, 0.717) is 19.3 Å². The number of rotatable bonds is 58. The summed E-state index contributed by atoms with van der Waals surface area (Å²) in [6, 6.07) is 0. The molecule has 444 valence electrons. The van der Waals surface area contributed by atoms with E-state index in [2.05, 4.69) is 142 Å². The topological polar surface area (TPSA) is 78.9 Å². The lowest BCUT2D eigenvalue weighted by molar-refractivity contribution is -0.167. The number of carbonyl (C=O) groups excluding carboxylic acids is 3. The average molecular weight is 1080 g/mol. The summed E-state index contributed by atoms with van der Waals surface area (Å²) >= 11 is 0. The van der Waals surface area contributed by atoms with Crippen LogP contribution in [0.2, 0.25) is 0 Å². The number of carbonyl (C=O) groups is 3. The minimum Gasteiger partial charge on any atom is -0.462 e. The number of hydrogen-bond donors (Lipinski definition) is 0. The molecule has 0 amide bonds. The van der Waals surface area contributed by atoms with Gasteiger partial charge in [0, 0.05) is 19.3 Å². The highest BCUT2D eigenvalue weighted by atomic mass is 16.6. The largest absolute Gasteiger partial charge is 0.462 e. The standard InChI is InChI=1S/C72H120O6/c1-4-7-10-13-16-19-22-25-28-30-32-34-35-36-37-38-40-41-44-47-50-53-56-59-62-65-71(74)77-68-69(67-76-70(73)64-61-58-55-52-49-46-43-27-24-21-18-15-12-9-6-3)78-72(75)66-63-60-57-54-51-48-45-42-39-33-31-29-26-23-20-17-14-11-8-5-2/h7,9-10,12,16,18-19,21,25,27-28,32,34,36-37,40-41,43,47,50,69H,4-6,8,11,13-15,17,20,22-24,26,29-31,33,35,38-39,42,44-46,48-49,51-68H2,1-3H3/b10-7-,12-9-,19-16-,21-18-,28-25-,34-32-,37-36-,41-40-,43-27-,50-47-. The fourth-order valence-electron chi connectivity index (χ4n) is 8.91. The fraction of sp³-hybridized carbons (Fsp3) is 0.681. The summed E-state index contributed by atoms with van der Waals surface area (Å²) in [4.78, 5) is 38.3. The second kappa shape index (κ2) is 65.3. The van der Waals surface area contributed by atoms with E-state index in [1.165, 1.54) is 109 Å². The van der Waals surface area contributed by atoms with Crippen LogP contribution in [0.1, 0.15) is 297 Å². The first kappa shape index (κ1) is 73.8. The van der Waals surface area contributed by atoms with E-state index in [4.69, 9.17) is 14.2 Å². The maximum absolute atomic E-state index is 12.9. The van der Waals surface area contributed by atoms with E-state index in [9.17, 15) is 14.4 Å². The van der Waals surface area contributed by atoms with Crippen LogP contribution < -0.4 is 0 Å². The Bertz CT molecular complexity index is 1620.